The molecule has 8 heteroatoms. The highest BCUT2D eigenvalue weighted by molar-refractivity contribution is 5.98. The predicted octanol–water partition coefficient (Wildman–Crippen LogP) is 3.47. The first-order valence-corrected chi connectivity index (χ1v) is 7.14. The minimum Gasteiger partial charge on any atom is -0.362 e. The highest BCUT2D eigenvalue weighted by Gasteiger charge is 2.63. The molecule has 0 fully saturated rings. The second-order valence-corrected chi connectivity index (χ2v) is 5.39. The van der Waals surface area contributed by atoms with Crippen LogP contribution in [0.2, 0.25) is 0 Å². The molecule has 1 N–H and O–H groups in total. The number of halogens is 4. The molecule has 23 heavy (non-hydrogen) atoms. The average molecular weight is 332 g/mol. The Bertz CT molecular complexity index is 630. The SMILES string of the molecule is CCCCC1=NN(C(=O)c2cccc(F)c2)[C@](O)(C(F)(F)F)C1. The van der Waals surface area contributed by atoms with E-state index in [2.05, 4.69) is 5.10 Å². The Morgan fingerprint density at radius 1 is 1.43 bits per heavy atom. The fourth-order valence-electron chi connectivity index (χ4n) is 2.32. The molecular formula is C15H16F4N2O2. The Hall–Kier alpha value is -1.96. The molecule has 0 bridgehead atoms. The number of alkyl halides is 3. The molecule has 0 spiro atoms. The summed E-state index contributed by atoms with van der Waals surface area (Å²) in [5.41, 5.74) is -3.62. The molecule has 1 aliphatic heterocycles. The summed E-state index contributed by atoms with van der Waals surface area (Å²) >= 11 is 0. The second kappa shape index (κ2) is 6.27. The molecule has 1 aromatic carbocycles. The number of hydrazone groups is 1. The molecule has 1 heterocycles. The molecule has 1 aromatic rings. The van der Waals surface area contributed by atoms with Gasteiger partial charge in [-0.15, -0.1) is 0 Å². The Kier molecular flexibility index (Phi) is 4.74. The van der Waals surface area contributed by atoms with Crippen molar-refractivity contribution in [2.75, 3.05) is 0 Å². The molecule has 4 nitrogen and oxygen atoms in total. The van der Waals surface area contributed by atoms with E-state index in [0.29, 0.717) is 6.42 Å². The van der Waals surface area contributed by atoms with Crippen molar-refractivity contribution in [2.45, 2.75) is 44.5 Å². The topological polar surface area (TPSA) is 52.9 Å². The van der Waals surface area contributed by atoms with E-state index in [4.69, 9.17) is 0 Å². The van der Waals surface area contributed by atoms with Gasteiger partial charge >= 0.3 is 6.18 Å². The number of hydrogen-bond donors (Lipinski definition) is 1. The van der Waals surface area contributed by atoms with Crippen molar-refractivity contribution in [3.05, 3.63) is 35.6 Å². The summed E-state index contributed by atoms with van der Waals surface area (Å²) in [7, 11) is 0. The lowest BCUT2D eigenvalue weighted by Gasteiger charge is -2.32. The van der Waals surface area contributed by atoms with Crippen molar-refractivity contribution >= 4 is 11.6 Å². The summed E-state index contributed by atoms with van der Waals surface area (Å²) < 4.78 is 53.0. The number of amides is 1. The highest BCUT2D eigenvalue weighted by Crippen LogP contribution is 2.41. The quantitative estimate of drug-likeness (QED) is 0.859. The van der Waals surface area contributed by atoms with Crippen LogP contribution >= 0.6 is 0 Å². The van der Waals surface area contributed by atoms with Crippen molar-refractivity contribution < 1.29 is 27.5 Å². The summed E-state index contributed by atoms with van der Waals surface area (Å²) in [5, 5.41) is 13.7. The van der Waals surface area contributed by atoms with Crippen LogP contribution in [0.25, 0.3) is 0 Å². The predicted molar refractivity (Wildman–Crippen MR) is 75.2 cm³/mol. The van der Waals surface area contributed by atoms with Crippen LogP contribution in [0, 0.1) is 5.82 Å². The normalized spacial score (nSPS) is 21.5. The van der Waals surface area contributed by atoms with Gasteiger partial charge in [-0.2, -0.15) is 23.3 Å². The van der Waals surface area contributed by atoms with Crippen molar-refractivity contribution in [3.8, 4) is 0 Å². The van der Waals surface area contributed by atoms with E-state index in [1.807, 2.05) is 6.92 Å². The van der Waals surface area contributed by atoms with E-state index in [9.17, 15) is 27.5 Å². The number of benzene rings is 1. The molecule has 1 atom stereocenters. The lowest BCUT2D eigenvalue weighted by Crippen LogP contribution is -2.56. The standard InChI is InChI=1S/C15H16F4N2O2/c1-2-3-7-12-9-14(23,15(17,18)19)21(20-12)13(22)10-5-4-6-11(16)8-10/h4-6,8,23H,2-3,7,9H2,1H3/t14-/m1/s1. The van der Waals surface area contributed by atoms with E-state index in [-0.39, 0.29) is 22.7 Å². The van der Waals surface area contributed by atoms with E-state index in [1.165, 1.54) is 12.1 Å². The number of carbonyl (C=O) groups is 1. The van der Waals surface area contributed by atoms with Crippen LogP contribution in [0.4, 0.5) is 17.6 Å². The van der Waals surface area contributed by atoms with Gasteiger partial charge < -0.3 is 5.11 Å². The van der Waals surface area contributed by atoms with Crippen LogP contribution in [0.3, 0.4) is 0 Å². The molecular weight excluding hydrogens is 316 g/mol. The number of rotatable bonds is 4. The summed E-state index contributed by atoms with van der Waals surface area (Å²) in [4.78, 5) is 12.3. The van der Waals surface area contributed by atoms with Crippen LogP contribution in [0.15, 0.2) is 29.4 Å². The van der Waals surface area contributed by atoms with Gasteiger partial charge in [-0.3, -0.25) is 4.79 Å². The molecule has 1 aliphatic rings. The fourth-order valence-corrected chi connectivity index (χ4v) is 2.32. The number of nitrogens with zero attached hydrogens (tertiary/aromatic N) is 2. The van der Waals surface area contributed by atoms with E-state index in [0.717, 1.165) is 18.6 Å². The van der Waals surface area contributed by atoms with E-state index >= 15 is 0 Å². The molecule has 0 saturated heterocycles. The lowest BCUT2D eigenvalue weighted by molar-refractivity contribution is -0.297. The van der Waals surface area contributed by atoms with E-state index in [1.54, 1.807) is 0 Å². The van der Waals surface area contributed by atoms with Crippen molar-refractivity contribution in [3.63, 3.8) is 0 Å². The lowest BCUT2D eigenvalue weighted by atomic mass is 10.0. The minimum absolute atomic E-state index is 0.0206. The maximum atomic E-state index is 13.3. The van der Waals surface area contributed by atoms with Gasteiger partial charge in [0.05, 0.1) is 0 Å². The van der Waals surface area contributed by atoms with Crippen molar-refractivity contribution in [1.29, 1.82) is 0 Å². The first-order valence-electron chi connectivity index (χ1n) is 7.14. The second-order valence-electron chi connectivity index (χ2n) is 5.39. The highest BCUT2D eigenvalue weighted by atomic mass is 19.4. The smallest absolute Gasteiger partial charge is 0.362 e. The van der Waals surface area contributed by atoms with Gasteiger partial charge in [0.2, 0.25) is 0 Å². The Morgan fingerprint density at radius 2 is 2.13 bits per heavy atom. The molecule has 0 saturated carbocycles. The first kappa shape index (κ1) is 17.4. The van der Waals surface area contributed by atoms with Gasteiger partial charge in [0.1, 0.15) is 5.82 Å². The minimum atomic E-state index is -5.08. The van der Waals surface area contributed by atoms with Crippen molar-refractivity contribution in [1.82, 2.24) is 5.01 Å². The third-order valence-electron chi connectivity index (χ3n) is 3.58. The van der Waals surface area contributed by atoms with Gasteiger partial charge in [-0.25, -0.2) is 4.39 Å². The maximum absolute atomic E-state index is 13.3. The van der Waals surface area contributed by atoms with Gasteiger partial charge in [0.15, 0.2) is 0 Å². The third-order valence-corrected chi connectivity index (χ3v) is 3.58. The fraction of sp³-hybridized carbons (Fsp3) is 0.467. The van der Waals surface area contributed by atoms with Gasteiger partial charge in [-0.1, -0.05) is 19.4 Å². The van der Waals surface area contributed by atoms with Crippen LogP contribution in [-0.4, -0.2) is 33.6 Å². The van der Waals surface area contributed by atoms with Gasteiger partial charge in [-0.05, 0) is 31.0 Å². The number of hydrogen-bond acceptors (Lipinski definition) is 3. The van der Waals surface area contributed by atoms with Crippen LogP contribution in [-0.2, 0) is 0 Å². The third kappa shape index (κ3) is 3.36. The molecule has 126 valence electrons. The molecule has 1 amide bonds. The van der Waals surface area contributed by atoms with Crippen LogP contribution in [0.1, 0.15) is 43.0 Å². The monoisotopic (exact) mass is 332 g/mol. The molecule has 0 unspecified atom stereocenters. The summed E-state index contributed by atoms with van der Waals surface area (Å²) in [6.45, 7) is 1.86. The van der Waals surface area contributed by atoms with Crippen molar-refractivity contribution in [2.24, 2.45) is 5.10 Å². The number of aliphatic hydroxyl groups is 1. The molecule has 0 radical (unpaired) electrons. The zero-order valence-corrected chi connectivity index (χ0v) is 12.4. The summed E-state index contributed by atoms with van der Waals surface area (Å²) in [6, 6.07) is 4.24. The average Bonchev–Trinajstić information content (AvgIpc) is 2.82. The maximum Gasteiger partial charge on any atom is 0.438 e. The molecule has 0 aromatic heterocycles. The summed E-state index contributed by atoms with van der Waals surface area (Å²) in [5.74, 6) is -1.96. The van der Waals surface area contributed by atoms with Gasteiger partial charge in [0, 0.05) is 17.7 Å². The first-order chi connectivity index (χ1) is 10.7. The van der Waals surface area contributed by atoms with Gasteiger partial charge in [0.25, 0.3) is 11.6 Å². The Balaban J connectivity index is 2.37. The molecule has 2 rings (SSSR count). The Morgan fingerprint density at radius 3 is 2.70 bits per heavy atom. The largest absolute Gasteiger partial charge is 0.438 e. The zero-order valence-electron chi connectivity index (χ0n) is 12.4. The zero-order chi connectivity index (χ0) is 17.3. The van der Waals surface area contributed by atoms with Crippen LogP contribution in [0.5, 0.6) is 0 Å². The summed E-state index contributed by atoms with van der Waals surface area (Å²) in [6.07, 6.45) is -4.29. The Labute approximate surface area is 130 Å². The number of carbonyl (C=O) groups excluding carboxylic acids is 1. The van der Waals surface area contributed by atoms with E-state index < -0.39 is 30.0 Å². The van der Waals surface area contributed by atoms with Crippen LogP contribution < -0.4 is 0 Å². The molecule has 0 aliphatic carbocycles. The number of unbranched alkanes of at least 4 members (excludes halogenated alkanes) is 1.